The molecule has 0 amide bonds. The maximum atomic E-state index is 10.3. The molecule has 0 aromatic rings. The number of aliphatic hydroxyl groups is 1. The standard InChI is InChI=1S/C6H8O7.Fe.H3N.H2O/c7-3(8)1-6(13,5(11)12)2-4(9)10;;;/h13H,1-2H2,(H,7,8)(H,9,10)(H,11,12);;1H3;1H2. The van der Waals surface area contributed by atoms with Crippen molar-refractivity contribution in [2.24, 2.45) is 0 Å². The van der Waals surface area contributed by atoms with Gasteiger partial charge >= 0.3 is 17.9 Å². The van der Waals surface area contributed by atoms with Crippen LogP contribution in [0.4, 0.5) is 0 Å². The van der Waals surface area contributed by atoms with Crippen molar-refractivity contribution in [3.05, 3.63) is 0 Å². The van der Waals surface area contributed by atoms with E-state index in [0.29, 0.717) is 0 Å². The minimum atomic E-state index is -2.74. The molecule has 0 radical (unpaired) electrons. The second-order valence-electron chi connectivity index (χ2n) is 2.48. The number of carbonyl (C=O) groups is 3. The first kappa shape index (κ1) is 24.2. The average molecular weight is 283 g/mol. The van der Waals surface area contributed by atoms with E-state index in [1.165, 1.54) is 0 Å². The summed E-state index contributed by atoms with van der Waals surface area (Å²) in [5.74, 6) is -5.02. The largest absolute Gasteiger partial charge is 0.481 e. The summed E-state index contributed by atoms with van der Waals surface area (Å²) in [5, 5.41) is 33.8. The molecule has 0 aliphatic carbocycles. The zero-order chi connectivity index (χ0) is 10.6. The molecule has 0 spiro atoms. The molecule has 0 heterocycles. The number of aliphatic carboxylic acids is 3. The Bertz CT molecular complexity index is 239. The van der Waals surface area contributed by atoms with E-state index in [0.717, 1.165) is 0 Å². The third-order valence-electron chi connectivity index (χ3n) is 1.29. The van der Waals surface area contributed by atoms with Crippen LogP contribution in [-0.4, -0.2) is 49.4 Å². The minimum Gasteiger partial charge on any atom is -0.481 e. The molecule has 98 valence electrons. The van der Waals surface area contributed by atoms with E-state index in [1.54, 1.807) is 0 Å². The van der Waals surface area contributed by atoms with Crippen LogP contribution in [-0.2, 0) is 31.5 Å². The van der Waals surface area contributed by atoms with Crippen LogP contribution in [0.3, 0.4) is 0 Å². The van der Waals surface area contributed by atoms with Gasteiger partial charge in [0.05, 0.1) is 12.8 Å². The zero-order valence-electron chi connectivity index (χ0n) is 7.99. The van der Waals surface area contributed by atoms with Crippen LogP contribution in [0, 0.1) is 0 Å². The average Bonchev–Trinajstić information content (AvgIpc) is 1.82. The van der Waals surface area contributed by atoms with Crippen LogP contribution in [0.2, 0.25) is 0 Å². The molecule has 0 saturated carbocycles. The molecule has 0 fully saturated rings. The predicted octanol–water partition coefficient (Wildman–Crippen LogP) is -1.91. The first-order chi connectivity index (χ1) is 5.78. The molecular formula is C6H13FeNO8. The molecule has 0 saturated heterocycles. The van der Waals surface area contributed by atoms with Crippen molar-refractivity contribution in [2.45, 2.75) is 18.4 Å². The van der Waals surface area contributed by atoms with Crippen LogP contribution in [0.25, 0.3) is 0 Å². The van der Waals surface area contributed by atoms with Gasteiger partial charge in [0, 0.05) is 17.1 Å². The van der Waals surface area contributed by atoms with Crippen molar-refractivity contribution < 1.29 is 57.4 Å². The number of carboxylic acid groups (broad SMARTS) is 3. The number of carboxylic acids is 3. The Morgan fingerprint density at radius 2 is 1.19 bits per heavy atom. The van der Waals surface area contributed by atoms with Crippen LogP contribution in [0.5, 0.6) is 0 Å². The van der Waals surface area contributed by atoms with Crippen molar-refractivity contribution in [3.63, 3.8) is 0 Å². The summed E-state index contributed by atoms with van der Waals surface area (Å²) in [6.07, 6.45) is -2.29. The molecular weight excluding hydrogens is 270 g/mol. The third-order valence-corrected chi connectivity index (χ3v) is 1.29. The topological polar surface area (TPSA) is 199 Å². The summed E-state index contributed by atoms with van der Waals surface area (Å²) >= 11 is 0. The fourth-order valence-corrected chi connectivity index (χ4v) is 0.714. The molecule has 0 atom stereocenters. The van der Waals surface area contributed by atoms with Gasteiger partial charge in [-0.15, -0.1) is 0 Å². The maximum Gasteiger partial charge on any atom is 0.336 e. The summed E-state index contributed by atoms with van der Waals surface area (Å²) in [5.41, 5.74) is -2.74. The summed E-state index contributed by atoms with van der Waals surface area (Å²) in [4.78, 5) is 30.5. The van der Waals surface area contributed by atoms with E-state index in [-0.39, 0.29) is 28.7 Å². The van der Waals surface area contributed by atoms with E-state index in [1.807, 2.05) is 0 Å². The molecule has 10 heteroatoms. The fraction of sp³-hybridized carbons (Fsp3) is 0.500. The Balaban J connectivity index is -0.000000240. The van der Waals surface area contributed by atoms with Crippen molar-refractivity contribution >= 4 is 17.9 Å². The second kappa shape index (κ2) is 9.07. The molecule has 0 aliphatic rings. The second-order valence-corrected chi connectivity index (χ2v) is 2.48. The van der Waals surface area contributed by atoms with Crippen LogP contribution >= 0.6 is 0 Å². The van der Waals surface area contributed by atoms with Gasteiger partial charge in [-0.3, -0.25) is 9.59 Å². The van der Waals surface area contributed by atoms with E-state index >= 15 is 0 Å². The molecule has 0 rings (SSSR count). The minimum absolute atomic E-state index is 0. The van der Waals surface area contributed by atoms with Crippen LogP contribution in [0.15, 0.2) is 0 Å². The normalized spacial score (nSPS) is 8.81. The third kappa shape index (κ3) is 8.15. The predicted molar refractivity (Wildman–Crippen MR) is 45.7 cm³/mol. The van der Waals surface area contributed by atoms with Gasteiger partial charge in [-0.1, -0.05) is 0 Å². The number of hydrogen-bond acceptors (Lipinski definition) is 5. The first-order valence-corrected chi connectivity index (χ1v) is 3.17. The first-order valence-electron chi connectivity index (χ1n) is 3.17. The molecule has 0 aliphatic heterocycles. The smallest absolute Gasteiger partial charge is 0.336 e. The quantitative estimate of drug-likeness (QED) is 0.359. The van der Waals surface area contributed by atoms with Gasteiger partial charge in [-0.25, -0.2) is 4.79 Å². The van der Waals surface area contributed by atoms with Crippen LogP contribution < -0.4 is 6.15 Å². The SMILES string of the molecule is N.O.O=C(O)CC(O)(CC(=O)O)C(=O)O.[Fe]. The van der Waals surface area contributed by atoms with Gasteiger partial charge in [0.15, 0.2) is 5.60 Å². The van der Waals surface area contributed by atoms with Gasteiger partial charge < -0.3 is 32.1 Å². The van der Waals surface area contributed by atoms with Crippen molar-refractivity contribution in [3.8, 4) is 0 Å². The van der Waals surface area contributed by atoms with E-state index in [4.69, 9.17) is 20.4 Å². The Morgan fingerprint density at radius 1 is 0.938 bits per heavy atom. The van der Waals surface area contributed by atoms with E-state index in [9.17, 15) is 14.4 Å². The van der Waals surface area contributed by atoms with E-state index in [2.05, 4.69) is 0 Å². The Morgan fingerprint density at radius 3 is 1.31 bits per heavy atom. The molecule has 9 nitrogen and oxygen atoms in total. The molecule has 0 aromatic heterocycles. The molecule has 0 unspecified atom stereocenters. The van der Waals surface area contributed by atoms with Gasteiger partial charge in [-0.2, -0.15) is 0 Å². The fourth-order valence-electron chi connectivity index (χ4n) is 0.714. The number of hydrogen-bond donors (Lipinski definition) is 5. The van der Waals surface area contributed by atoms with Gasteiger partial charge in [0.25, 0.3) is 0 Å². The molecule has 0 bridgehead atoms. The number of rotatable bonds is 5. The molecule has 0 aromatic carbocycles. The van der Waals surface area contributed by atoms with Crippen molar-refractivity contribution in [1.82, 2.24) is 6.15 Å². The molecule has 9 N–H and O–H groups in total. The zero-order valence-corrected chi connectivity index (χ0v) is 9.09. The molecule has 16 heavy (non-hydrogen) atoms. The summed E-state index contributed by atoms with van der Waals surface area (Å²) in [6, 6.07) is 0. The van der Waals surface area contributed by atoms with Crippen LogP contribution in [0.1, 0.15) is 12.8 Å². The van der Waals surface area contributed by atoms with Gasteiger partial charge in [0.2, 0.25) is 0 Å². The maximum absolute atomic E-state index is 10.3. The van der Waals surface area contributed by atoms with Crippen molar-refractivity contribution in [1.29, 1.82) is 0 Å². The van der Waals surface area contributed by atoms with E-state index < -0.39 is 36.4 Å². The monoisotopic (exact) mass is 283 g/mol. The summed E-state index contributed by atoms with van der Waals surface area (Å²) < 4.78 is 0. The van der Waals surface area contributed by atoms with Gasteiger partial charge in [-0.05, 0) is 0 Å². The van der Waals surface area contributed by atoms with Crippen molar-refractivity contribution in [2.75, 3.05) is 0 Å². The Labute approximate surface area is 100 Å². The van der Waals surface area contributed by atoms with Gasteiger partial charge in [0.1, 0.15) is 0 Å². The Hall–Kier alpha value is -1.19. The summed E-state index contributed by atoms with van der Waals surface area (Å²) in [7, 11) is 0. The Kier molecular flexibility index (Phi) is 13.7. The summed E-state index contributed by atoms with van der Waals surface area (Å²) in [6.45, 7) is 0.